The fourth-order valence-electron chi connectivity index (χ4n) is 4.40. The molecule has 0 bridgehead atoms. The highest BCUT2D eigenvalue weighted by molar-refractivity contribution is 5.98. The van der Waals surface area contributed by atoms with Gasteiger partial charge >= 0.3 is 0 Å². The zero-order chi connectivity index (χ0) is 24.2. The second-order valence-corrected chi connectivity index (χ2v) is 9.25. The van der Waals surface area contributed by atoms with E-state index in [0.717, 1.165) is 0 Å². The minimum atomic E-state index is -0.908. The minimum absolute atomic E-state index is 0.0872. The van der Waals surface area contributed by atoms with E-state index in [1.165, 1.54) is 0 Å². The fraction of sp³-hybridized carbons (Fsp3) is 0.625. The van der Waals surface area contributed by atoms with Crippen molar-refractivity contribution in [1.29, 1.82) is 0 Å². The molecule has 0 aromatic heterocycles. The van der Waals surface area contributed by atoms with Gasteiger partial charge in [0.25, 0.3) is 5.91 Å². The van der Waals surface area contributed by atoms with Crippen LogP contribution in [0.1, 0.15) is 37.0 Å². The molecule has 0 aliphatic carbocycles. The Morgan fingerprint density at radius 3 is 2.36 bits per heavy atom. The molecular formula is C24H36N4O5. The summed E-state index contributed by atoms with van der Waals surface area (Å²) in [6.07, 6.45) is 0.934. The van der Waals surface area contributed by atoms with Crippen LogP contribution >= 0.6 is 0 Å². The second kappa shape index (κ2) is 10.5. The number of likely N-dealkylation sites (tertiary alicyclic amines) is 1. The van der Waals surface area contributed by atoms with E-state index in [1.54, 1.807) is 36.3 Å². The average Bonchev–Trinajstić information content (AvgIpc) is 3.16. The molecule has 1 aromatic carbocycles. The largest absolute Gasteiger partial charge is 0.497 e. The number of nitrogens with zero attached hydrogens (tertiary/aromatic N) is 3. The van der Waals surface area contributed by atoms with Crippen LogP contribution in [-0.4, -0.2) is 98.2 Å². The van der Waals surface area contributed by atoms with Gasteiger partial charge in [-0.1, -0.05) is 13.8 Å². The van der Waals surface area contributed by atoms with Gasteiger partial charge in [-0.05, 0) is 38.4 Å². The van der Waals surface area contributed by atoms with Crippen molar-refractivity contribution in [2.45, 2.75) is 38.5 Å². The maximum absolute atomic E-state index is 13.7. The molecule has 182 valence electrons. The molecule has 1 aromatic rings. The van der Waals surface area contributed by atoms with Gasteiger partial charge in [0.15, 0.2) is 0 Å². The lowest BCUT2D eigenvalue weighted by Gasteiger charge is -2.44. The van der Waals surface area contributed by atoms with E-state index >= 15 is 0 Å². The smallest absolute Gasteiger partial charge is 0.256 e. The van der Waals surface area contributed by atoms with Gasteiger partial charge in [0.2, 0.25) is 11.8 Å². The molecule has 1 spiro atoms. The van der Waals surface area contributed by atoms with Crippen LogP contribution in [0.2, 0.25) is 0 Å². The third-order valence-electron chi connectivity index (χ3n) is 6.33. The average molecular weight is 461 g/mol. The molecule has 9 nitrogen and oxygen atoms in total. The number of piperidine rings is 1. The summed E-state index contributed by atoms with van der Waals surface area (Å²) in [6, 6.07) is 6.13. The highest BCUT2D eigenvalue weighted by Gasteiger charge is 2.54. The molecule has 1 N–H and O–H groups in total. The Morgan fingerprint density at radius 2 is 1.82 bits per heavy atom. The van der Waals surface area contributed by atoms with Crippen LogP contribution in [0.3, 0.4) is 0 Å². The number of rotatable bonds is 7. The lowest BCUT2D eigenvalue weighted by atomic mass is 9.95. The van der Waals surface area contributed by atoms with E-state index in [4.69, 9.17) is 9.47 Å². The first-order valence-electron chi connectivity index (χ1n) is 11.5. The van der Waals surface area contributed by atoms with Gasteiger partial charge in [-0.3, -0.25) is 19.3 Å². The topological polar surface area (TPSA) is 91.4 Å². The van der Waals surface area contributed by atoms with E-state index < -0.39 is 11.8 Å². The van der Waals surface area contributed by atoms with Crippen molar-refractivity contribution < 1.29 is 23.9 Å². The maximum atomic E-state index is 13.7. The fourth-order valence-corrected chi connectivity index (χ4v) is 4.40. The molecule has 0 unspecified atom stereocenters. The number of hydrogen-bond donors (Lipinski definition) is 1. The van der Waals surface area contributed by atoms with Crippen LogP contribution in [0.15, 0.2) is 24.3 Å². The quantitative estimate of drug-likeness (QED) is 0.657. The van der Waals surface area contributed by atoms with E-state index in [1.807, 2.05) is 37.7 Å². The first-order valence-corrected chi connectivity index (χ1v) is 11.5. The van der Waals surface area contributed by atoms with Gasteiger partial charge in [-0.2, -0.15) is 0 Å². The zero-order valence-corrected chi connectivity index (χ0v) is 20.3. The number of ether oxygens (including phenoxy) is 2. The van der Waals surface area contributed by atoms with Gasteiger partial charge in [-0.25, -0.2) is 0 Å². The number of benzene rings is 1. The van der Waals surface area contributed by atoms with E-state index in [2.05, 4.69) is 5.32 Å². The summed E-state index contributed by atoms with van der Waals surface area (Å²) in [5.74, 6) is 0.171. The van der Waals surface area contributed by atoms with Crippen LogP contribution in [-0.2, 0) is 14.3 Å². The summed E-state index contributed by atoms with van der Waals surface area (Å²) >= 11 is 0. The Hall–Kier alpha value is -2.65. The van der Waals surface area contributed by atoms with Crippen molar-refractivity contribution in [2.75, 3.05) is 54.0 Å². The van der Waals surface area contributed by atoms with Gasteiger partial charge < -0.3 is 24.6 Å². The molecular weight excluding hydrogens is 424 g/mol. The molecule has 0 saturated carbocycles. The van der Waals surface area contributed by atoms with Crippen LogP contribution in [0.4, 0.5) is 0 Å². The summed E-state index contributed by atoms with van der Waals surface area (Å²) in [5.41, 5.74) is -0.443. The van der Waals surface area contributed by atoms with E-state index in [-0.39, 0.29) is 30.2 Å². The molecule has 2 fully saturated rings. The third-order valence-corrected chi connectivity index (χ3v) is 6.33. The summed E-state index contributed by atoms with van der Waals surface area (Å²) in [4.78, 5) is 44.6. The number of carbonyl (C=O) groups excluding carboxylic acids is 3. The number of hydrogen-bond acceptors (Lipinski definition) is 6. The molecule has 9 heteroatoms. The van der Waals surface area contributed by atoms with Crippen LogP contribution in [0.25, 0.3) is 0 Å². The number of likely N-dealkylation sites (N-methyl/N-ethyl adjacent to an activating group) is 1. The first kappa shape index (κ1) is 25.0. The SMILES string of the molecule is COc1ccc(C(=O)N2[C@H](C(=O)NCCN(C)C)COC23CCN(C(=O)C(C)C)CC3)cc1. The minimum Gasteiger partial charge on any atom is -0.497 e. The summed E-state index contributed by atoms with van der Waals surface area (Å²) < 4.78 is 11.4. The van der Waals surface area contributed by atoms with Crippen molar-refractivity contribution in [1.82, 2.24) is 20.0 Å². The number of nitrogens with one attached hydrogen (secondary N) is 1. The van der Waals surface area contributed by atoms with E-state index in [0.29, 0.717) is 50.3 Å². The number of methoxy groups -OCH3 is 1. The van der Waals surface area contributed by atoms with Gasteiger partial charge in [0.1, 0.15) is 17.5 Å². The second-order valence-electron chi connectivity index (χ2n) is 9.25. The molecule has 2 heterocycles. The van der Waals surface area contributed by atoms with E-state index in [9.17, 15) is 14.4 Å². The summed E-state index contributed by atoms with van der Waals surface area (Å²) in [6.45, 7) is 6.04. The highest BCUT2D eigenvalue weighted by atomic mass is 16.5. The molecule has 3 amide bonds. The molecule has 3 rings (SSSR count). The summed E-state index contributed by atoms with van der Waals surface area (Å²) in [5, 5.41) is 2.94. The first-order chi connectivity index (χ1) is 15.7. The Labute approximate surface area is 196 Å². The van der Waals surface area contributed by atoms with Crippen molar-refractivity contribution in [3.63, 3.8) is 0 Å². The Kier molecular flexibility index (Phi) is 7.97. The molecule has 2 aliphatic heterocycles. The monoisotopic (exact) mass is 460 g/mol. The number of carbonyl (C=O) groups is 3. The Bertz CT molecular complexity index is 847. The van der Waals surface area contributed by atoms with Crippen LogP contribution in [0, 0.1) is 5.92 Å². The van der Waals surface area contributed by atoms with Crippen LogP contribution < -0.4 is 10.1 Å². The normalized spacial score (nSPS) is 19.9. The molecule has 1 atom stereocenters. The summed E-state index contributed by atoms with van der Waals surface area (Å²) in [7, 11) is 5.44. The number of amides is 3. The molecule has 2 saturated heterocycles. The van der Waals surface area contributed by atoms with Gasteiger partial charge in [0.05, 0.1) is 13.7 Å². The standard InChI is InChI=1S/C24H36N4O5/c1-17(2)22(30)27-13-10-24(11-14-27)28(23(31)18-6-8-19(32-5)9-7-18)20(16-33-24)21(29)25-12-15-26(3)4/h6-9,17,20H,10-16H2,1-5H3,(H,25,29)/t20-/m0/s1. The molecule has 33 heavy (non-hydrogen) atoms. The third kappa shape index (κ3) is 5.47. The lowest BCUT2D eigenvalue weighted by Crippen LogP contribution is -2.60. The Balaban J connectivity index is 1.83. The highest BCUT2D eigenvalue weighted by Crippen LogP contribution is 2.39. The predicted molar refractivity (Wildman–Crippen MR) is 124 cm³/mol. The van der Waals surface area contributed by atoms with Crippen molar-refractivity contribution >= 4 is 17.7 Å². The Morgan fingerprint density at radius 1 is 1.18 bits per heavy atom. The molecule has 2 aliphatic rings. The van der Waals surface area contributed by atoms with Crippen molar-refractivity contribution in [3.8, 4) is 5.75 Å². The zero-order valence-electron chi connectivity index (χ0n) is 20.3. The maximum Gasteiger partial charge on any atom is 0.256 e. The van der Waals surface area contributed by atoms with Gasteiger partial charge in [0, 0.05) is 50.5 Å². The van der Waals surface area contributed by atoms with Crippen molar-refractivity contribution in [3.05, 3.63) is 29.8 Å². The predicted octanol–water partition coefficient (Wildman–Crippen LogP) is 1.19. The van der Waals surface area contributed by atoms with Crippen molar-refractivity contribution in [2.24, 2.45) is 5.92 Å². The lowest BCUT2D eigenvalue weighted by molar-refractivity contribution is -0.146. The molecule has 0 radical (unpaired) electrons. The van der Waals surface area contributed by atoms with Crippen LogP contribution in [0.5, 0.6) is 5.75 Å². The van der Waals surface area contributed by atoms with Gasteiger partial charge in [-0.15, -0.1) is 0 Å².